The maximum atomic E-state index is 9.03. The van der Waals surface area contributed by atoms with Gasteiger partial charge < -0.3 is 9.84 Å². The molecule has 1 rings (SSSR count). The molecule has 0 aromatic heterocycles. The van der Waals surface area contributed by atoms with E-state index in [-0.39, 0.29) is 6.10 Å². The van der Waals surface area contributed by atoms with E-state index >= 15 is 0 Å². The van der Waals surface area contributed by atoms with Crippen molar-refractivity contribution < 1.29 is 9.84 Å². The molecular formula is C6H10O2S. The van der Waals surface area contributed by atoms with E-state index in [2.05, 4.69) is 0 Å². The molecule has 2 nitrogen and oxygen atoms in total. The van der Waals surface area contributed by atoms with Crippen LogP contribution >= 0.6 is 11.8 Å². The number of methoxy groups -OCH3 is 1. The lowest BCUT2D eigenvalue weighted by atomic mass is 10.3. The normalized spacial score (nSPS) is 27.3. The average molecular weight is 146 g/mol. The van der Waals surface area contributed by atoms with E-state index in [0.29, 0.717) is 0 Å². The van der Waals surface area contributed by atoms with Crippen LogP contribution in [0.5, 0.6) is 0 Å². The molecule has 52 valence electrons. The second-order valence-electron chi connectivity index (χ2n) is 1.92. The molecule has 0 fully saturated rings. The second-order valence-corrected chi connectivity index (χ2v) is 2.95. The van der Waals surface area contributed by atoms with Crippen LogP contribution < -0.4 is 0 Å². The highest BCUT2D eigenvalue weighted by Gasteiger charge is 2.10. The Kier molecular flexibility index (Phi) is 2.42. The van der Waals surface area contributed by atoms with Crippen molar-refractivity contribution >= 4 is 11.8 Å². The Labute approximate surface area is 58.9 Å². The predicted molar refractivity (Wildman–Crippen MR) is 38.4 cm³/mol. The largest absolute Gasteiger partial charge is 0.500 e. The van der Waals surface area contributed by atoms with E-state index in [9.17, 15) is 0 Å². The quantitative estimate of drug-likeness (QED) is 0.588. The van der Waals surface area contributed by atoms with Gasteiger partial charge in [0.2, 0.25) is 0 Å². The molecule has 3 heteroatoms. The molecule has 0 radical (unpaired) electrons. The van der Waals surface area contributed by atoms with Gasteiger partial charge in [-0.1, -0.05) is 0 Å². The molecule has 0 saturated heterocycles. The van der Waals surface area contributed by atoms with E-state index in [0.717, 1.165) is 17.3 Å². The van der Waals surface area contributed by atoms with E-state index in [1.807, 2.05) is 0 Å². The van der Waals surface area contributed by atoms with Crippen molar-refractivity contribution in [1.29, 1.82) is 0 Å². The van der Waals surface area contributed by atoms with Crippen LogP contribution in [0.15, 0.2) is 11.8 Å². The van der Waals surface area contributed by atoms with Gasteiger partial charge >= 0.3 is 0 Å². The second kappa shape index (κ2) is 3.13. The fraction of sp³-hybridized carbons (Fsp3) is 0.667. The van der Waals surface area contributed by atoms with Crippen LogP contribution in [0.1, 0.15) is 0 Å². The number of ether oxygens (including phenoxy) is 1. The molecule has 0 amide bonds. The van der Waals surface area contributed by atoms with Gasteiger partial charge in [-0.2, -0.15) is 11.8 Å². The fourth-order valence-corrected chi connectivity index (χ4v) is 1.59. The molecule has 1 aliphatic rings. The first-order valence-corrected chi connectivity index (χ1v) is 3.99. The Balaban J connectivity index is 2.49. The zero-order valence-electron chi connectivity index (χ0n) is 5.33. The molecule has 0 saturated carbocycles. The van der Waals surface area contributed by atoms with Gasteiger partial charge in [-0.15, -0.1) is 0 Å². The summed E-state index contributed by atoms with van der Waals surface area (Å²) in [6.07, 6.45) is 1.45. The van der Waals surface area contributed by atoms with Gasteiger partial charge in [-0.05, 0) is 6.08 Å². The minimum atomic E-state index is -0.307. The Hall–Kier alpha value is -0.150. The lowest BCUT2D eigenvalue weighted by molar-refractivity contribution is 0.228. The molecule has 0 aromatic rings. The molecule has 1 heterocycles. The van der Waals surface area contributed by atoms with Crippen LogP contribution in [-0.4, -0.2) is 29.8 Å². The van der Waals surface area contributed by atoms with Crippen molar-refractivity contribution in [2.75, 3.05) is 18.6 Å². The molecule has 9 heavy (non-hydrogen) atoms. The molecule has 1 aliphatic heterocycles. The molecule has 1 atom stereocenters. The number of hydrogen-bond donors (Lipinski definition) is 1. The van der Waals surface area contributed by atoms with Crippen molar-refractivity contribution in [2.45, 2.75) is 6.10 Å². The van der Waals surface area contributed by atoms with Crippen LogP contribution in [0.4, 0.5) is 0 Å². The van der Waals surface area contributed by atoms with Crippen LogP contribution in [0.25, 0.3) is 0 Å². The minimum absolute atomic E-state index is 0.307. The summed E-state index contributed by atoms with van der Waals surface area (Å²) in [5, 5.41) is 9.03. The Bertz CT molecular complexity index is 122. The van der Waals surface area contributed by atoms with Gasteiger partial charge in [-0.3, -0.25) is 0 Å². The average Bonchev–Trinajstić information content (AvgIpc) is 1.88. The Morgan fingerprint density at radius 3 is 3.11 bits per heavy atom. The van der Waals surface area contributed by atoms with Crippen molar-refractivity contribution in [3.05, 3.63) is 11.8 Å². The highest BCUT2D eigenvalue weighted by molar-refractivity contribution is 7.99. The maximum Gasteiger partial charge on any atom is 0.104 e. The number of aliphatic hydroxyl groups excluding tert-OH is 1. The number of thioether (sulfide) groups is 1. The van der Waals surface area contributed by atoms with E-state index in [1.165, 1.54) is 0 Å². The number of aliphatic hydroxyl groups is 1. The fourth-order valence-electron chi connectivity index (χ4n) is 0.718. The zero-order valence-corrected chi connectivity index (χ0v) is 6.15. The maximum absolute atomic E-state index is 9.03. The summed E-state index contributed by atoms with van der Waals surface area (Å²) < 4.78 is 4.94. The SMILES string of the molecule is COC1=CC(O)CSC1. The molecule has 0 bridgehead atoms. The van der Waals surface area contributed by atoms with Gasteiger partial charge in [0.15, 0.2) is 0 Å². The van der Waals surface area contributed by atoms with Gasteiger partial charge in [0.05, 0.1) is 19.0 Å². The third-order valence-electron chi connectivity index (χ3n) is 1.17. The monoisotopic (exact) mass is 146 g/mol. The predicted octanol–water partition coefficient (Wildman–Crippen LogP) is 0.624. The first kappa shape index (κ1) is 6.96. The summed E-state index contributed by atoms with van der Waals surface area (Å²) in [7, 11) is 1.63. The molecule has 1 unspecified atom stereocenters. The van der Waals surface area contributed by atoms with Crippen LogP contribution in [0.2, 0.25) is 0 Å². The topological polar surface area (TPSA) is 29.5 Å². The van der Waals surface area contributed by atoms with Gasteiger partial charge in [0, 0.05) is 5.75 Å². The Morgan fingerprint density at radius 2 is 2.67 bits per heavy atom. The number of rotatable bonds is 1. The van der Waals surface area contributed by atoms with Crippen molar-refractivity contribution in [1.82, 2.24) is 0 Å². The molecule has 0 aromatic carbocycles. The van der Waals surface area contributed by atoms with Crippen molar-refractivity contribution in [2.24, 2.45) is 0 Å². The van der Waals surface area contributed by atoms with Crippen molar-refractivity contribution in [3.63, 3.8) is 0 Å². The van der Waals surface area contributed by atoms with Gasteiger partial charge in [0.25, 0.3) is 0 Å². The third-order valence-corrected chi connectivity index (χ3v) is 2.24. The lowest BCUT2D eigenvalue weighted by Gasteiger charge is -2.14. The van der Waals surface area contributed by atoms with Crippen LogP contribution in [-0.2, 0) is 4.74 Å². The van der Waals surface area contributed by atoms with Crippen LogP contribution in [0, 0.1) is 0 Å². The smallest absolute Gasteiger partial charge is 0.104 e. The highest BCUT2D eigenvalue weighted by atomic mass is 32.2. The summed E-state index contributed by atoms with van der Waals surface area (Å²) in [5.41, 5.74) is 0. The van der Waals surface area contributed by atoms with E-state index in [4.69, 9.17) is 9.84 Å². The molecule has 0 aliphatic carbocycles. The highest BCUT2D eigenvalue weighted by Crippen LogP contribution is 2.16. The van der Waals surface area contributed by atoms with Gasteiger partial charge in [-0.25, -0.2) is 0 Å². The Morgan fingerprint density at radius 1 is 1.89 bits per heavy atom. The van der Waals surface area contributed by atoms with Crippen molar-refractivity contribution in [3.8, 4) is 0 Å². The summed E-state index contributed by atoms with van der Waals surface area (Å²) >= 11 is 1.69. The summed E-state index contributed by atoms with van der Waals surface area (Å²) in [6.45, 7) is 0. The van der Waals surface area contributed by atoms with E-state index < -0.39 is 0 Å². The van der Waals surface area contributed by atoms with Crippen LogP contribution in [0.3, 0.4) is 0 Å². The summed E-state index contributed by atoms with van der Waals surface area (Å²) in [6, 6.07) is 0. The van der Waals surface area contributed by atoms with E-state index in [1.54, 1.807) is 24.9 Å². The summed E-state index contributed by atoms with van der Waals surface area (Å²) in [4.78, 5) is 0. The number of hydrogen-bond acceptors (Lipinski definition) is 3. The summed E-state index contributed by atoms with van der Waals surface area (Å²) in [5.74, 6) is 2.58. The standard InChI is InChI=1S/C6H10O2S/c1-8-6-2-5(7)3-9-4-6/h2,5,7H,3-4H2,1H3. The molecular weight excluding hydrogens is 136 g/mol. The first-order chi connectivity index (χ1) is 4.33. The minimum Gasteiger partial charge on any atom is -0.500 e. The van der Waals surface area contributed by atoms with Gasteiger partial charge in [0.1, 0.15) is 5.76 Å². The first-order valence-electron chi connectivity index (χ1n) is 2.83. The lowest BCUT2D eigenvalue weighted by Crippen LogP contribution is -2.13. The molecule has 0 spiro atoms. The third kappa shape index (κ3) is 1.91. The molecule has 1 N–H and O–H groups in total. The zero-order chi connectivity index (χ0) is 6.69.